The third-order valence-electron chi connectivity index (χ3n) is 4.36. The Labute approximate surface area is 134 Å². The lowest BCUT2D eigenvalue weighted by Gasteiger charge is -2.20. The first kappa shape index (κ1) is 19.3. The van der Waals surface area contributed by atoms with E-state index in [9.17, 15) is 24.3 Å². The predicted molar refractivity (Wildman–Crippen MR) is 79.8 cm³/mol. The van der Waals surface area contributed by atoms with Crippen LogP contribution in [0.1, 0.15) is 57.8 Å². The van der Waals surface area contributed by atoms with Gasteiger partial charge in [0.15, 0.2) is 0 Å². The second-order valence-electron chi connectivity index (χ2n) is 6.12. The van der Waals surface area contributed by atoms with Gasteiger partial charge >= 0.3 is 11.9 Å². The van der Waals surface area contributed by atoms with Crippen molar-refractivity contribution in [3.05, 3.63) is 0 Å². The molecule has 1 aliphatic carbocycles. The van der Waals surface area contributed by atoms with E-state index in [1.54, 1.807) is 0 Å². The van der Waals surface area contributed by atoms with Crippen molar-refractivity contribution >= 4 is 23.5 Å². The molecular weight excluding hydrogens is 304 g/mol. The van der Waals surface area contributed by atoms with Gasteiger partial charge in [-0.25, -0.2) is 0 Å². The molecule has 1 saturated carbocycles. The highest BCUT2D eigenvalue weighted by molar-refractivity contribution is 5.85. The Kier molecular flexibility index (Phi) is 7.88. The average molecular weight is 328 g/mol. The molecule has 0 aromatic heterocycles. The van der Waals surface area contributed by atoms with E-state index in [-0.39, 0.29) is 49.6 Å². The Balaban J connectivity index is 2.37. The first-order chi connectivity index (χ1) is 10.8. The lowest BCUT2D eigenvalue weighted by atomic mass is 9.85. The van der Waals surface area contributed by atoms with Gasteiger partial charge in [-0.1, -0.05) is 0 Å². The summed E-state index contributed by atoms with van der Waals surface area (Å²) in [7, 11) is 0. The van der Waals surface area contributed by atoms with Crippen molar-refractivity contribution in [2.75, 3.05) is 0 Å². The molecule has 1 unspecified atom stereocenters. The van der Waals surface area contributed by atoms with E-state index in [2.05, 4.69) is 0 Å². The first-order valence-corrected chi connectivity index (χ1v) is 7.97. The normalized spacial score (nSPS) is 23.9. The van der Waals surface area contributed by atoms with E-state index in [1.165, 1.54) is 0 Å². The van der Waals surface area contributed by atoms with Crippen LogP contribution in [0.4, 0.5) is 0 Å². The van der Waals surface area contributed by atoms with Crippen molar-refractivity contribution in [2.45, 2.75) is 63.9 Å². The number of carbonyl (C=O) groups excluding carboxylic acids is 2. The van der Waals surface area contributed by atoms with Gasteiger partial charge in [-0.3, -0.25) is 19.2 Å². The van der Waals surface area contributed by atoms with Gasteiger partial charge in [0.25, 0.3) is 0 Å². The van der Waals surface area contributed by atoms with E-state index in [0.29, 0.717) is 25.7 Å². The number of carbonyl (C=O) groups is 4. The summed E-state index contributed by atoms with van der Waals surface area (Å²) in [6.07, 6.45) is 1.20. The molecule has 7 nitrogen and oxygen atoms in total. The number of aliphatic hydroxyl groups excluding tert-OH is 1. The van der Waals surface area contributed by atoms with Crippen LogP contribution in [0.3, 0.4) is 0 Å². The van der Waals surface area contributed by atoms with E-state index < -0.39 is 24.0 Å². The van der Waals surface area contributed by atoms with Crippen molar-refractivity contribution in [1.82, 2.24) is 0 Å². The van der Waals surface area contributed by atoms with Gasteiger partial charge in [0.2, 0.25) is 0 Å². The summed E-state index contributed by atoms with van der Waals surface area (Å²) in [4.78, 5) is 44.6. The van der Waals surface area contributed by atoms with Crippen molar-refractivity contribution < 1.29 is 34.5 Å². The zero-order valence-corrected chi connectivity index (χ0v) is 13.1. The van der Waals surface area contributed by atoms with Crippen LogP contribution in [0.25, 0.3) is 0 Å². The Morgan fingerprint density at radius 2 is 1.52 bits per heavy atom. The van der Waals surface area contributed by atoms with Gasteiger partial charge in [0.05, 0.1) is 6.10 Å². The quantitative estimate of drug-likeness (QED) is 0.489. The van der Waals surface area contributed by atoms with Crippen LogP contribution in [0.15, 0.2) is 0 Å². The van der Waals surface area contributed by atoms with E-state index in [1.807, 2.05) is 0 Å². The molecule has 0 spiro atoms. The summed E-state index contributed by atoms with van der Waals surface area (Å²) in [5.41, 5.74) is 0. The number of carboxylic acids is 2. The second kappa shape index (κ2) is 9.39. The molecule has 1 aliphatic rings. The number of carboxylic acid groups (broad SMARTS) is 2. The highest BCUT2D eigenvalue weighted by Crippen LogP contribution is 2.35. The number of Topliss-reactive ketones (excluding diaryl/α,β-unsaturated/α-hetero) is 2. The average Bonchev–Trinajstić information content (AvgIpc) is 2.72. The number of hydrogen-bond acceptors (Lipinski definition) is 5. The van der Waals surface area contributed by atoms with Crippen LogP contribution in [-0.2, 0) is 19.2 Å². The van der Waals surface area contributed by atoms with Crippen LogP contribution in [-0.4, -0.2) is 44.9 Å². The Morgan fingerprint density at radius 1 is 0.913 bits per heavy atom. The Bertz CT molecular complexity index is 457. The van der Waals surface area contributed by atoms with Gasteiger partial charge < -0.3 is 15.3 Å². The summed E-state index contributed by atoms with van der Waals surface area (Å²) in [5, 5.41) is 27.2. The SMILES string of the molecule is O=C(O)CCCCC(=O)CCC1[C@H](O)CC(=O)[C@@H]1CCC(=O)O. The molecule has 1 fully saturated rings. The van der Waals surface area contributed by atoms with Gasteiger partial charge in [0.1, 0.15) is 11.6 Å². The molecule has 0 aromatic rings. The lowest BCUT2D eigenvalue weighted by Crippen LogP contribution is -2.22. The molecule has 0 amide bonds. The van der Waals surface area contributed by atoms with E-state index in [0.717, 1.165) is 0 Å². The molecule has 0 bridgehead atoms. The maximum atomic E-state index is 11.8. The number of aliphatic hydroxyl groups is 1. The highest BCUT2D eigenvalue weighted by atomic mass is 16.4. The van der Waals surface area contributed by atoms with Crippen LogP contribution in [0.2, 0.25) is 0 Å². The molecule has 0 aromatic carbocycles. The largest absolute Gasteiger partial charge is 0.481 e. The fourth-order valence-corrected chi connectivity index (χ4v) is 3.11. The van der Waals surface area contributed by atoms with Gasteiger partial charge in [-0.2, -0.15) is 0 Å². The maximum Gasteiger partial charge on any atom is 0.303 e. The standard InChI is InChI=1S/C16H24O7/c17-10(3-1-2-4-15(20)21)5-6-11-12(7-8-16(22)23)14(19)9-13(11)18/h11-13,18H,1-9H2,(H,20,21)(H,22,23)/t11?,12-,13-/m1/s1. The minimum Gasteiger partial charge on any atom is -0.481 e. The molecule has 1 rings (SSSR count). The second-order valence-corrected chi connectivity index (χ2v) is 6.12. The van der Waals surface area contributed by atoms with Crippen molar-refractivity contribution in [3.63, 3.8) is 0 Å². The summed E-state index contributed by atoms with van der Waals surface area (Å²) in [6.45, 7) is 0. The Morgan fingerprint density at radius 3 is 2.13 bits per heavy atom. The molecule has 0 aliphatic heterocycles. The van der Waals surface area contributed by atoms with Crippen molar-refractivity contribution in [1.29, 1.82) is 0 Å². The predicted octanol–water partition coefficient (Wildman–Crippen LogP) is 1.41. The smallest absolute Gasteiger partial charge is 0.303 e. The van der Waals surface area contributed by atoms with E-state index >= 15 is 0 Å². The molecule has 0 saturated heterocycles. The number of hydrogen-bond donors (Lipinski definition) is 3. The number of aliphatic carboxylic acids is 2. The monoisotopic (exact) mass is 328 g/mol. The molecule has 7 heteroatoms. The lowest BCUT2D eigenvalue weighted by molar-refractivity contribution is -0.138. The molecule has 3 atom stereocenters. The van der Waals surface area contributed by atoms with Gasteiger partial charge in [0, 0.05) is 38.0 Å². The topological polar surface area (TPSA) is 129 Å². The zero-order valence-electron chi connectivity index (χ0n) is 13.1. The minimum atomic E-state index is -0.979. The molecule has 23 heavy (non-hydrogen) atoms. The third-order valence-corrected chi connectivity index (χ3v) is 4.36. The summed E-state index contributed by atoms with van der Waals surface area (Å²) in [5.74, 6) is -2.85. The minimum absolute atomic E-state index is 0.0149. The molecule has 130 valence electrons. The fourth-order valence-electron chi connectivity index (χ4n) is 3.11. The van der Waals surface area contributed by atoms with Crippen LogP contribution < -0.4 is 0 Å². The van der Waals surface area contributed by atoms with Crippen LogP contribution in [0, 0.1) is 11.8 Å². The molecular formula is C16H24O7. The molecule has 3 N–H and O–H groups in total. The fraction of sp³-hybridized carbons (Fsp3) is 0.750. The number of rotatable bonds is 11. The number of unbranched alkanes of at least 4 members (excludes halogenated alkanes) is 1. The van der Waals surface area contributed by atoms with Crippen LogP contribution in [0.5, 0.6) is 0 Å². The van der Waals surface area contributed by atoms with Gasteiger partial charge in [-0.05, 0) is 31.6 Å². The molecule has 0 heterocycles. The maximum absolute atomic E-state index is 11.8. The summed E-state index contributed by atoms with van der Waals surface area (Å²) < 4.78 is 0. The molecule has 0 radical (unpaired) electrons. The van der Waals surface area contributed by atoms with Crippen LogP contribution >= 0.6 is 0 Å². The van der Waals surface area contributed by atoms with E-state index in [4.69, 9.17) is 10.2 Å². The third kappa shape index (κ3) is 6.90. The number of ketones is 2. The van der Waals surface area contributed by atoms with Gasteiger partial charge in [-0.15, -0.1) is 0 Å². The Hall–Kier alpha value is -1.76. The first-order valence-electron chi connectivity index (χ1n) is 7.97. The summed E-state index contributed by atoms with van der Waals surface area (Å²) >= 11 is 0. The van der Waals surface area contributed by atoms with Crippen molar-refractivity contribution in [3.8, 4) is 0 Å². The summed E-state index contributed by atoms with van der Waals surface area (Å²) in [6, 6.07) is 0. The zero-order chi connectivity index (χ0) is 17.4. The highest BCUT2D eigenvalue weighted by Gasteiger charge is 2.41. The van der Waals surface area contributed by atoms with Crippen molar-refractivity contribution in [2.24, 2.45) is 11.8 Å².